The fourth-order valence-corrected chi connectivity index (χ4v) is 2.78. The average Bonchev–Trinajstić information content (AvgIpc) is 2.90. The van der Waals surface area contributed by atoms with Crippen molar-refractivity contribution in [2.75, 3.05) is 18.9 Å². The number of pyridine rings is 1. The number of imidazole rings is 1. The Balaban J connectivity index is 2.01. The summed E-state index contributed by atoms with van der Waals surface area (Å²) in [6.45, 7) is 10.2. The molecule has 2 aromatic heterocycles. The molecule has 26 heavy (non-hydrogen) atoms. The summed E-state index contributed by atoms with van der Waals surface area (Å²) < 4.78 is 7.69. The Labute approximate surface area is 154 Å². The van der Waals surface area contributed by atoms with Gasteiger partial charge in [-0.05, 0) is 46.6 Å². The molecule has 0 saturated heterocycles. The summed E-state index contributed by atoms with van der Waals surface area (Å²) in [6.07, 6.45) is 1.78. The van der Waals surface area contributed by atoms with Gasteiger partial charge in [0.2, 0.25) is 0 Å². The quantitative estimate of drug-likeness (QED) is 0.594. The van der Waals surface area contributed by atoms with Crippen LogP contribution >= 0.6 is 0 Å². The monoisotopic (exact) mass is 362 g/mol. The third-order valence-corrected chi connectivity index (χ3v) is 3.92. The van der Waals surface area contributed by atoms with Crippen molar-refractivity contribution in [3.8, 4) is 0 Å². The lowest BCUT2D eigenvalue weighted by Crippen LogP contribution is -2.39. The highest BCUT2D eigenvalue weighted by Gasteiger charge is 2.14. The molecule has 0 atom stereocenters. The molecule has 0 fully saturated rings. The maximum absolute atomic E-state index is 11.6. The van der Waals surface area contributed by atoms with E-state index in [4.69, 9.17) is 10.5 Å². The van der Waals surface area contributed by atoms with E-state index in [1.54, 1.807) is 0 Å². The van der Waals surface area contributed by atoms with Crippen molar-refractivity contribution in [3.63, 3.8) is 0 Å². The molecule has 0 aromatic carbocycles. The average molecular weight is 362 g/mol. The van der Waals surface area contributed by atoms with E-state index >= 15 is 0 Å². The van der Waals surface area contributed by atoms with Crippen LogP contribution in [0.25, 0.3) is 11.0 Å². The molecule has 0 bridgehead atoms. The van der Waals surface area contributed by atoms with Crippen LogP contribution in [0.4, 0.5) is 10.6 Å². The van der Waals surface area contributed by atoms with Gasteiger partial charge in [0.25, 0.3) is 0 Å². The van der Waals surface area contributed by atoms with Gasteiger partial charge in [-0.25, -0.2) is 14.8 Å². The molecule has 0 radical (unpaired) electrons. The second-order valence-electron chi connectivity index (χ2n) is 6.60. The standard InChI is InChI=1S/C18H30N6O2/c1-5-26-11-15-23-16-14(10-13(4)22-17(16)19)24(15)9-7-6-8-20-18(25)21-12(2)3/h10,12H,5-9,11H2,1-4H3,(H2,19,22)(H2,20,21,25). The van der Waals surface area contributed by atoms with Crippen molar-refractivity contribution in [1.82, 2.24) is 25.2 Å². The lowest BCUT2D eigenvalue weighted by Gasteiger charge is -2.11. The van der Waals surface area contributed by atoms with E-state index < -0.39 is 0 Å². The second-order valence-corrected chi connectivity index (χ2v) is 6.60. The number of aromatic nitrogens is 3. The molecule has 0 aliphatic carbocycles. The number of amides is 2. The number of unbranched alkanes of at least 4 members (excludes halogenated alkanes) is 1. The summed E-state index contributed by atoms with van der Waals surface area (Å²) in [6, 6.07) is 2.01. The van der Waals surface area contributed by atoms with Crippen LogP contribution in [0.2, 0.25) is 0 Å². The Morgan fingerprint density at radius 1 is 1.35 bits per heavy atom. The minimum absolute atomic E-state index is 0.125. The molecule has 8 heteroatoms. The van der Waals surface area contributed by atoms with E-state index in [0.717, 1.165) is 41.9 Å². The Bertz CT molecular complexity index is 741. The smallest absolute Gasteiger partial charge is 0.314 e. The molecule has 4 N–H and O–H groups in total. The van der Waals surface area contributed by atoms with Crippen LogP contribution in [0.3, 0.4) is 0 Å². The topological polar surface area (TPSA) is 107 Å². The first kappa shape index (κ1) is 20.0. The number of nitrogens with zero attached hydrogens (tertiary/aromatic N) is 3. The molecule has 0 unspecified atom stereocenters. The van der Waals surface area contributed by atoms with Crippen LogP contribution < -0.4 is 16.4 Å². The zero-order valence-corrected chi connectivity index (χ0v) is 16.1. The lowest BCUT2D eigenvalue weighted by molar-refractivity contribution is 0.126. The largest absolute Gasteiger partial charge is 0.382 e. The van der Waals surface area contributed by atoms with Gasteiger partial charge in [0.05, 0.1) is 5.52 Å². The minimum Gasteiger partial charge on any atom is -0.382 e. The van der Waals surface area contributed by atoms with Crippen LogP contribution in [0, 0.1) is 6.92 Å². The number of nitrogens with one attached hydrogen (secondary N) is 2. The van der Waals surface area contributed by atoms with Gasteiger partial charge in [0, 0.05) is 31.4 Å². The van der Waals surface area contributed by atoms with Crippen molar-refractivity contribution >= 4 is 22.9 Å². The Morgan fingerprint density at radius 3 is 2.81 bits per heavy atom. The predicted octanol–water partition coefficient (Wildman–Crippen LogP) is 2.35. The van der Waals surface area contributed by atoms with Gasteiger partial charge in [0.15, 0.2) is 5.82 Å². The highest BCUT2D eigenvalue weighted by atomic mass is 16.5. The number of fused-ring (bicyclic) bond motifs is 1. The van der Waals surface area contributed by atoms with Gasteiger partial charge in [-0.15, -0.1) is 0 Å². The fraction of sp³-hybridized carbons (Fsp3) is 0.611. The molecular formula is C18H30N6O2. The first-order chi connectivity index (χ1) is 12.4. The Morgan fingerprint density at radius 2 is 2.12 bits per heavy atom. The van der Waals surface area contributed by atoms with Crippen LogP contribution in [0.15, 0.2) is 6.07 Å². The van der Waals surface area contributed by atoms with Gasteiger partial charge >= 0.3 is 6.03 Å². The number of rotatable bonds is 9. The number of ether oxygens (including phenoxy) is 1. The number of aryl methyl sites for hydroxylation is 2. The van der Waals surface area contributed by atoms with E-state index in [-0.39, 0.29) is 12.1 Å². The van der Waals surface area contributed by atoms with E-state index in [0.29, 0.717) is 25.6 Å². The van der Waals surface area contributed by atoms with Crippen LogP contribution in [0.1, 0.15) is 45.1 Å². The highest BCUT2D eigenvalue weighted by Crippen LogP contribution is 2.22. The molecule has 2 aromatic rings. The molecule has 0 spiro atoms. The molecule has 144 valence electrons. The SMILES string of the molecule is CCOCc1nc2c(N)nc(C)cc2n1CCCCNC(=O)NC(C)C. The first-order valence-corrected chi connectivity index (χ1v) is 9.16. The van der Waals surface area contributed by atoms with Crippen molar-refractivity contribution in [2.24, 2.45) is 0 Å². The Kier molecular flexibility index (Phi) is 7.20. The number of anilines is 1. The van der Waals surface area contributed by atoms with E-state index in [1.165, 1.54) is 0 Å². The number of nitrogens with two attached hydrogens (primary N) is 1. The third kappa shape index (κ3) is 5.32. The summed E-state index contributed by atoms with van der Waals surface area (Å²) in [5, 5.41) is 5.68. The number of urea groups is 1. The maximum Gasteiger partial charge on any atom is 0.314 e. The van der Waals surface area contributed by atoms with E-state index in [2.05, 4.69) is 25.2 Å². The van der Waals surface area contributed by atoms with Crippen molar-refractivity contribution in [1.29, 1.82) is 0 Å². The number of hydrogen-bond donors (Lipinski definition) is 3. The highest BCUT2D eigenvalue weighted by molar-refractivity contribution is 5.85. The fourth-order valence-electron chi connectivity index (χ4n) is 2.78. The van der Waals surface area contributed by atoms with Gasteiger partial charge < -0.3 is 25.7 Å². The van der Waals surface area contributed by atoms with Crippen LogP contribution in [0.5, 0.6) is 0 Å². The lowest BCUT2D eigenvalue weighted by atomic mass is 10.2. The molecular weight excluding hydrogens is 332 g/mol. The summed E-state index contributed by atoms with van der Waals surface area (Å²) in [5.74, 6) is 1.30. The summed E-state index contributed by atoms with van der Waals surface area (Å²) in [4.78, 5) is 20.5. The molecule has 2 heterocycles. The first-order valence-electron chi connectivity index (χ1n) is 9.16. The normalized spacial score (nSPS) is 11.3. The van der Waals surface area contributed by atoms with Crippen molar-refractivity contribution in [3.05, 3.63) is 17.6 Å². The molecule has 2 amide bonds. The summed E-state index contributed by atoms with van der Waals surface area (Å²) >= 11 is 0. The van der Waals surface area contributed by atoms with Gasteiger partial charge in [-0.2, -0.15) is 0 Å². The van der Waals surface area contributed by atoms with Crippen LogP contribution in [-0.4, -0.2) is 39.8 Å². The van der Waals surface area contributed by atoms with Gasteiger partial charge in [-0.1, -0.05) is 0 Å². The van der Waals surface area contributed by atoms with Gasteiger partial charge in [0.1, 0.15) is 17.9 Å². The molecule has 8 nitrogen and oxygen atoms in total. The molecule has 0 aliphatic heterocycles. The van der Waals surface area contributed by atoms with Gasteiger partial charge in [-0.3, -0.25) is 0 Å². The third-order valence-electron chi connectivity index (χ3n) is 3.92. The number of carbonyl (C=O) groups is 1. The second kappa shape index (κ2) is 9.38. The zero-order chi connectivity index (χ0) is 19.1. The van der Waals surface area contributed by atoms with E-state index in [9.17, 15) is 4.79 Å². The summed E-state index contributed by atoms with van der Waals surface area (Å²) in [7, 11) is 0. The summed E-state index contributed by atoms with van der Waals surface area (Å²) in [5.41, 5.74) is 8.61. The number of carbonyl (C=O) groups excluding carboxylic acids is 1. The van der Waals surface area contributed by atoms with Crippen molar-refractivity contribution < 1.29 is 9.53 Å². The Hall–Kier alpha value is -2.35. The minimum atomic E-state index is -0.125. The number of hydrogen-bond acceptors (Lipinski definition) is 5. The number of nitrogen functional groups attached to an aromatic ring is 1. The maximum atomic E-state index is 11.6. The molecule has 0 saturated carbocycles. The van der Waals surface area contributed by atoms with Crippen molar-refractivity contribution in [2.45, 2.75) is 59.7 Å². The predicted molar refractivity (Wildman–Crippen MR) is 103 cm³/mol. The van der Waals surface area contributed by atoms with E-state index in [1.807, 2.05) is 33.8 Å². The molecule has 0 aliphatic rings. The van der Waals surface area contributed by atoms with Crippen LogP contribution in [-0.2, 0) is 17.9 Å². The zero-order valence-electron chi connectivity index (χ0n) is 16.1. The molecule has 2 rings (SSSR count).